The summed E-state index contributed by atoms with van der Waals surface area (Å²) >= 11 is 0. The third kappa shape index (κ3) is 1.88. The molecule has 0 fully saturated rings. The van der Waals surface area contributed by atoms with Gasteiger partial charge in [-0.25, -0.2) is 0 Å². The smallest absolute Gasteiger partial charge is 0.0458 e. The van der Waals surface area contributed by atoms with Crippen LogP contribution in [0.4, 0.5) is 0 Å². The first-order chi connectivity index (χ1) is 6.29. The van der Waals surface area contributed by atoms with Gasteiger partial charge in [0.25, 0.3) is 0 Å². The van der Waals surface area contributed by atoms with Crippen LogP contribution in [0, 0.1) is 0 Å². The summed E-state index contributed by atoms with van der Waals surface area (Å²) in [5.74, 6) is 0. The van der Waals surface area contributed by atoms with Gasteiger partial charge in [0.2, 0.25) is 0 Å². The van der Waals surface area contributed by atoms with Crippen molar-refractivity contribution in [3.8, 4) is 0 Å². The van der Waals surface area contributed by atoms with E-state index in [-0.39, 0.29) is 0 Å². The summed E-state index contributed by atoms with van der Waals surface area (Å²) in [6.07, 6.45) is 0. The number of rotatable bonds is 4. The molecule has 72 valence electrons. The highest BCUT2D eigenvalue weighted by atomic mass is 16.3. The minimum Gasteiger partial charge on any atom is -0.854 e. The summed E-state index contributed by atoms with van der Waals surface area (Å²) in [6.45, 7) is -1.90. The van der Waals surface area contributed by atoms with Crippen molar-refractivity contribution in [2.45, 2.75) is 5.41 Å². The van der Waals surface area contributed by atoms with Gasteiger partial charge >= 0.3 is 0 Å². The fourth-order valence-corrected chi connectivity index (χ4v) is 1.17. The summed E-state index contributed by atoms with van der Waals surface area (Å²) in [7, 11) is 0. The van der Waals surface area contributed by atoms with Crippen molar-refractivity contribution in [2.75, 3.05) is 19.8 Å². The molecule has 0 atom stereocenters. The zero-order chi connectivity index (χ0) is 9.73. The molecule has 0 bridgehead atoms. The molecule has 0 unspecified atom stereocenters. The number of hydrogen-bond donors (Lipinski definition) is 0. The van der Waals surface area contributed by atoms with E-state index in [2.05, 4.69) is 0 Å². The standard InChI is InChI=1S/C10H11O3/c11-6-10(7-12,8-13)9-4-2-1-3-5-9/h1-5H,6-8H2/q-3. The first-order valence-electron chi connectivity index (χ1n) is 4.09. The molecule has 0 heterocycles. The summed E-state index contributed by atoms with van der Waals surface area (Å²) in [5, 5.41) is 32.4. The van der Waals surface area contributed by atoms with Gasteiger partial charge in [-0.15, -0.1) is 19.8 Å². The summed E-state index contributed by atoms with van der Waals surface area (Å²) in [5.41, 5.74) is -0.684. The zero-order valence-electron chi connectivity index (χ0n) is 7.23. The molecule has 0 radical (unpaired) electrons. The molecule has 1 rings (SSSR count). The zero-order valence-corrected chi connectivity index (χ0v) is 7.23. The Morgan fingerprint density at radius 2 is 1.31 bits per heavy atom. The lowest BCUT2D eigenvalue weighted by Gasteiger charge is -2.43. The Balaban J connectivity index is 3.01. The first kappa shape index (κ1) is 10.2. The fourth-order valence-electron chi connectivity index (χ4n) is 1.17. The van der Waals surface area contributed by atoms with Crippen molar-refractivity contribution in [1.82, 2.24) is 0 Å². The molecule has 0 N–H and O–H groups in total. The molecular weight excluding hydrogens is 168 g/mol. The quantitative estimate of drug-likeness (QED) is 0.537. The number of hydrogen-bond acceptors (Lipinski definition) is 3. The van der Waals surface area contributed by atoms with E-state index < -0.39 is 25.2 Å². The van der Waals surface area contributed by atoms with E-state index >= 15 is 0 Å². The SMILES string of the molecule is [O-]CC(C[O-])(C[O-])c1ccccc1. The minimum atomic E-state index is -1.25. The second kappa shape index (κ2) is 4.37. The second-order valence-corrected chi connectivity index (χ2v) is 3.08. The Labute approximate surface area is 77.3 Å². The van der Waals surface area contributed by atoms with Gasteiger partial charge in [-0.05, 0) is 5.56 Å². The second-order valence-electron chi connectivity index (χ2n) is 3.08. The van der Waals surface area contributed by atoms with Crippen LogP contribution in [0.25, 0.3) is 0 Å². The van der Waals surface area contributed by atoms with Gasteiger partial charge in [0, 0.05) is 0 Å². The number of benzene rings is 1. The van der Waals surface area contributed by atoms with Crippen LogP contribution in [-0.4, -0.2) is 19.8 Å². The van der Waals surface area contributed by atoms with Crippen LogP contribution in [0.1, 0.15) is 5.56 Å². The summed E-state index contributed by atoms with van der Waals surface area (Å²) in [4.78, 5) is 0. The van der Waals surface area contributed by atoms with E-state index in [0.29, 0.717) is 5.56 Å². The Morgan fingerprint density at radius 1 is 0.846 bits per heavy atom. The molecule has 13 heavy (non-hydrogen) atoms. The molecule has 0 amide bonds. The molecule has 0 saturated carbocycles. The normalized spacial score (nSPS) is 11.6. The maximum atomic E-state index is 10.8. The maximum Gasteiger partial charge on any atom is -0.0458 e. The summed E-state index contributed by atoms with van der Waals surface area (Å²) < 4.78 is 0. The average Bonchev–Trinajstić information content (AvgIpc) is 2.23. The minimum absolute atomic E-state index is 0.565. The molecule has 0 aliphatic heterocycles. The lowest BCUT2D eigenvalue weighted by molar-refractivity contribution is -0.467. The van der Waals surface area contributed by atoms with E-state index in [0.717, 1.165) is 0 Å². The van der Waals surface area contributed by atoms with Crippen LogP contribution in [0.15, 0.2) is 30.3 Å². The van der Waals surface area contributed by atoms with Crippen LogP contribution in [-0.2, 0) is 5.41 Å². The van der Waals surface area contributed by atoms with Gasteiger partial charge in [0.1, 0.15) is 0 Å². The Hall–Kier alpha value is -0.900. The highest BCUT2D eigenvalue weighted by Crippen LogP contribution is 2.19. The van der Waals surface area contributed by atoms with Gasteiger partial charge < -0.3 is 15.3 Å². The van der Waals surface area contributed by atoms with E-state index in [4.69, 9.17) is 0 Å². The monoisotopic (exact) mass is 179 g/mol. The topological polar surface area (TPSA) is 69.2 Å². The van der Waals surface area contributed by atoms with Gasteiger partial charge in [-0.2, -0.15) is 0 Å². The van der Waals surface area contributed by atoms with E-state index in [9.17, 15) is 15.3 Å². The van der Waals surface area contributed by atoms with E-state index in [1.54, 1.807) is 30.3 Å². The first-order valence-corrected chi connectivity index (χ1v) is 4.09. The molecule has 3 nitrogen and oxygen atoms in total. The third-order valence-corrected chi connectivity index (χ3v) is 2.22. The molecular formula is C10H11O3-3. The molecule has 0 aromatic heterocycles. The fraction of sp³-hybridized carbons (Fsp3) is 0.400. The summed E-state index contributed by atoms with van der Waals surface area (Å²) in [6, 6.07) is 8.56. The van der Waals surface area contributed by atoms with Gasteiger partial charge in [-0.1, -0.05) is 35.7 Å². The third-order valence-electron chi connectivity index (χ3n) is 2.22. The lowest BCUT2D eigenvalue weighted by atomic mass is 9.83. The largest absolute Gasteiger partial charge is 0.854 e. The molecule has 1 aromatic carbocycles. The van der Waals surface area contributed by atoms with Gasteiger partial charge in [0.05, 0.1) is 0 Å². The lowest BCUT2D eigenvalue weighted by Crippen LogP contribution is -2.51. The van der Waals surface area contributed by atoms with E-state index in [1.165, 1.54) is 0 Å². The van der Waals surface area contributed by atoms with Crippen molar-refractivity contribution in [2.24, 2.45) is 0 Å². The Kier molecular flexibility index (Phi) is 3.42. The molecule has 0 saturated heterocycles. The van der Waals surface area contributed by atoms with Gasteiger partial charge in [-0.3, -0.25) is 0 Å². The Bertz CT molecular complexity index is 233. The van der Waals surface area contributed by atoms with Crippen molar-refractivity contribution in [3.05, 3.63) is 35.9 Å². The van der Waals surface area contributed by atoms with Crippen molar-refractivity contribution in [1.29, 1.82) is 0 Å². The van der Waals surface area contributed by atoms with Gasteiger partial charge in [0.15, 0.2) is 0 Å². The molecule has 3 heteroatoms. The highest BCUT2D eigenvalue weighted by Gasteiger charge is 2.17. The van der Waals surface area contributed by atoms with Crippen molar-refractivity contribution >= 4 is 0 Å². The molecule has 1 aromatic rings. The molecule has 0 aliphatic rings. The average molecular weight is 179 g/mol. The van der Waals surface area contributed by atoms with Crippen LogP contribution in [0.3, 0.4) is 0 Å². The van der Waals surface area contributed by atoms with Crippen molar-refractivity contribution < 1.29 is 15.3 Å². The molecule has 0 aliphatic carbocycles. The maximum absolute atomic E-state index is 10.8. The van der Waals surface area contributed by atoms with Crippen LogP contribution < -0.4 is 15.3 Å². The highest BCUT2D eigenvalue weighted by molar-refractivity contribution is 5.25. The Morgan fingerprint density at radius 3 is 1.69 bits per heavy atom. The molecule has 0 spiro atoms. The predicted molar refractivity (Wildman–Crippen MR) is 42.7 cm³/mol. The predicted octanol–water partition coefficient (Wildman–Crippen LogP) is -1.99. The van der Waals surface area contributed by atoms with Crippen molar-refractivity contribution in [3.63, 3.8) is 0 Å². The van der Waals surface area contributed by atoms with Crippen LogP contribution in [0.2, 0.25) is 0 Å². The van der Waals surface area contributed by atoms with E-state index in [1.807, 2.05) is 0 Å². The van der Waals surface area contributed by atoms with Crippen LogP contribution in [0.5, 0.6) is 0 Å². The van der Waals surface area contributed by atoms with Crippen LogP contribution >= 0.6 is 0 Å².